The molecule has 1 N–H and O–H groups in total. The number of nitrogens with zero attached hydrogens (tertiary/aromatic N) is 2. The van der Waals surface area contributed by atoms with Gasteiger partial charge in [0.15, 0.2) is 5.76 Å². The Bertz CT molecular complexity index is 476. The van der Waals surface area contributed by atoms with Crippen LogP contribution in [-0.2, 0) is 11.5 Å². The summed E-state index contributed by atoms with van der Waals surface area (Å²) in [6.07, 6.45) is 4.70. The molecule has 0 aliphatic heterocycles. The lowest BCUT2D eigenvalue weighted by atomic mass is 10.4. The zero-order chi connectivity index (χ0) is 12.1. The van der Waals surface area contributed by atoms with Crippen molar-refractivity contribution in [1.29, 1.82) is 0 Å². The molecule has 90 valence electrons. The van der Waals surface area contributed by atoms with Crippen molar-refractivity contribution >= 4 is 11.6 Å². The first-order valence-electron chi connectivity index (χ1n) is 5.24. The number of anilines is 1. The Morgan fingerprint density at radius 3 is 3.24 bits per heavy atom. The molecule has 6 heteroatoms. The molecule has 0 unspecified atom stereocenters. The SMILES string of the molecule is CCOCn1cc(NC(=O)c2ccco2)cn1. The van der Waals surface area contributed by atoms with E-state index < -0.39 is 0 Å². The Balaban J connectivity index is 1.95. The van der Waals surface area contributed by atoms with Gasteiger partial charge in [-0.05, 0) is 19.1 Å². The quantitative estimate of drug-likeness (QED) is 0.856. The zero-order valence-electron chi connectivity index (χ0n) is 9.42. The van der Waals surface area contributed by atoms with Crippen molar-refractivity contribution in [2.24, 2.45) is 0 Å². The molecule has 0 aliphatic rings. The Morgan fingerprint density at radius 2 is 2.53 bits per heavy atom. The molecular formula is C11H13N3O3. The highest BCUT2D eigenvalue weighted by molar-refractivity contribution is 6.02. The third kappa shape index (κ3) is 2.94. The molecule has 0 bridgehead atoms. The van der Waals surface area contributed by atoms with E-state index in [-0.39, 0.29) is 11.7 Å². The minimum atomic E-state index is -0.300. The molecule has 0 saturated carbocycles. The molecule has 0 radical (unpaired) electrons. The van der Waals surface area contributed by atoms with E-state index >= 15 is 0 Å². The number of nitrogens with one attached hydrogen (secondary N) is 1. The first kappa shape index (κ1) is 11.4. The third-order valence-electron chi connectivity index (χ3n) is 2.06. The summed E-state index contributed by atoms with van der Waals surface area (Å²) >= 11 is 0. The van der Waals surface area contributed by atoms with E-state index in [9.17, 15) is 4.79 Å². The maximum Gasteiger partial charge on any atom is 0.291 e. The predicted molar refractivity (Wildman–Crippen MR) is 60.5 cm³/mol. The highest BCUT2D eigenvalue weighted by Gasteiger charge is 2.09. The van der Waals surface area contributed by atoms with Crippen molar-refractivity contribution in [3.63, 3.8) is 0 Å². The van der Waals surface area contributed by atoms with E-state index in [1.54, 1.807) is 29.2 Å². The summed E-state index contributed by atoms with van der Waals surface area (Å²) in [6, 6.07) is 3.26. The second kappa shape index (κ2) is 5.31. The monoisotopic (exact) mass is 235 g/mol. The number of furan rings is 1. The van der Waals surface area contributed by atoms with Crippen LogP contribution in [0.1, 0.15) is 17.5 Å². The van der Waals surface area contributed by atoms with Gasteiger partial charge in [-0.25, -0.2) is 4.68 Å². The van der Waals surface area contributed by atoms with E-state index in [1.807, 2.05) is 6.92 Å². The molecule has 0 saturated heterocycles. The summed E-state index contributed by atoms with van der Waals surface area (Å²) in [5, 5.41) is 6.70. The van der Waals surface area contributed by atoms with Crippen LogP contribution < -0.4 is 5.32 Å². The van der Waals surface area contributed by atoms with E-state index in [2.05, 4.69) is 10.4 Å². The summed E-state index contributed by atoms with van der Waals surface area (Å²) in [4.78, 5) is 11.6. The van der Waals surface area contributed by atoms with Crippen molar-refractivity contribution in [2.75, 3.05) is 11.9 Å². The fraction of sp³-hybridized carbons (Fsp3) is 0.273. The second-order valence-corrected chi connectivity index (χ2v) is 3.32. The van der Waals surface area contributed by atoms with Crippen LogP contribution in [0.25, 0.3) is 0 Å². The smallest absolute Gasteiger partial charge is 0.291 e. The van der Waals surface area contributed by atoms with Gasteiger partial charge in [0.1, 0.15) is 6.73 Å². The topological polar surface area (TPSA) is 69.3 Å². The van der Waals surface area contributed by atoms with E-state index in [0.29, 0.717) is 19.0 Å². The molecule has 0 fully saturated rings. The highest BCUT2D eigenvalue weighted by Crippen LogP contribution is 2.08. The fourth-order valence-corrected chi connectivity index (χ4v) is 1.28. The van der Waals surface area contributed by atoms with Gasteiger partial charge < -0.3 is 14.5 Å². The summed E-state index contributed by atoms with van der Waals surface area (Å²) in [6.45, 7) is 2.89. The number of ether oxygens (including phenoxy) is 1. The van der Waals surface area contributed by atoms with Gasteiger partial charge in [0, 0.05) is 6.61 Å². The second-order valence-electron chi connectivity index (χ2n) is 3.32. The third-order valence-corrected chi connectivity index (χ3v) is 2.06. The Hall–Kier alpha value is -2.08. The Morgan fingerprint density at radius 1 is 1.65 bits per heavy atom. The minimum absolute atomic E-state index is 0.266. The zero-order valence-corrected chi connectivity index (χ0v) is 9.42. The van der Waals surface area contributed by atoms with Crippen LogP contribution in [0.15, 0.2) is 35.2 Å². The summed E-state index contributed by atoms with van der Waals surface area (Å²) in [5.41, 5.74) is 0.603. The van der Waals surface area contributed by atoms with Gasteiger partial charge in [-0.2, -0.15) is 5.10 Å². The molecule has 6 nitrogen and oxygen atoms in total. The normalized spacial score (nSPS) is 10.4. The number of hydrogen-bond acceptors (Lipinski definition) is 4. The number of rotatable bonds is 5. The van der Waals surface area contributed by atoms with E-state index in [4.69, 9.17) is 9.15 Å². The molecular weight excluding hydrogens is 222 g/mol. The lowest BCUT2D eigenvalue weighted by Gasteiger charge is -2.00. The number of hydrogen-bond donors (Lipinski definition) is 1. The maximum atomic E-state index is 11.6. The Labute approximate surface area is 98.2 Å². The van der Waals surface area contributed by atoms with Gasteiger partial charge in [0.2, 0.25) is 0 Å². The van der Waals surface area contributed by atoms with Crippen LogP contribution in [0.3, 0.4) is 0 Å². The Kier molecular flexibility index (Phi) is 3.56. The standard InChI is InChI=1S/C11H13N3O3/c1-2-16-8-14-7-9(6-12-14)13-11(15)10-4-3-5-17-10/h3-7H,2,8H2,1H3,(H,13,15). The van der Waals surface area contributed by atoms with Crippen molar-refractivity contribution in [3.05, 3.63) is 36.5 Å². The van der Waals surface area contributed by atoms with Gasteiger partial charge in [-0.1, -0.05) is 0 Å². The minimum Gasteiger partial charge on any atom is -0.459 e. The first-order valence-corrected chi connectivity index (χ1v) is 5.24. The molecule has 0 aromatic carbocycles. The van der Waals surface area contributed by atoms with Gasteiger partial charge in [0.25, 0.3) is 5.91 Å². The number of carbonyl (C=O) groups excluding carboxylic acids is 1. The molecule has 17 heavy (non-hydrogen) atoms. The molecule has 0 aliphatic carbocycles. The van der Waals surface area contributed by atoms with Crippen molar-refractivity contribution < 1.29 is 13.9 Å². The molecule has 1 amide bonds. The highest BCUT2D eigenvalue weighted by atomic mass is 16.5. The lowest BCUT2D eigenvalue weighted by Crippen LogP contribution is -2.10. The fourth-order valence-electron chi connectivity index (χ4n) is 1.28. The molecule has 0 atom stereocenters. The van der Waals surface area contributed by atoms with Crippen molar-refractivity contribution in [2.45, 2.75) is 13.7 Å². The lowest BCUT2D eigenvalue weighted by molar-refractivity contribution is 0.0792. The molecule has 2 heterocycles. The number of aromatic nitrogens is 2. The van der Waals surface area contributed by atoms with E-state index in [0.717, 1.165) is 0 Å². The van der Waals surface area contributed by atoms with Gasteiger partial charge >= 0.3 is 0 Å². The van der Waals surface area contributed by atoms with Gasteiger partial charge in [-0.3, -0.25) is 4.79 Å². The number of carbonyl (C=O) groups is 1. The van der Waals surface area contributed by atoms with Crippen LogP contribution in [-0.4, -0.2) is 22.3 Å². The predicted octanol–water partition coefficient (Wildman–Crippen LogP) is 1.72. The first-order chi connectivity index (χ1) is 8.29. The maximum absolute atomic E-state index is 11.6. The average molecular weight is 235 g/mol. The van der Waals surface area contributed by atoms with Crippen LogP contribution in [0.4, 0.5) is 5.69 Å². The van der Waals surface area contributed by atoms with Crippen LogP contribution >= 0.6 is 0 Å². The summed E-state index contributed by atoms with van der Waals surface area (Å²) in [7, 11) is 0. The molecule has 2 aromatic rings. The van der Waals surface area contributed by atoms with Gasteiger partial charge in [-0.15, -0.1) is 0 Å². The molecule has 2 aromatic heterocycles. The van der Waals surface area contributed by atoms with Crippen molar-refractivity contribution in [1.82, 2.24) is 9.78 Å². The summed E-state index contributed by atoms with van der Waals surface area (Å²) in [5.74, 6) is -0.0338. The largest absolute Gasteiger partial charge is 0.459 e. The van der Waals surface area contributed by atoms with Crippen LogP contribution in [0.2, 0.25) is 0 Å². The summed E-state index contributed by atoms with van der Waals surface area (Å²) < 4.78 is 11.8. The van der Waals surface area contributed by atoms with Crippen LogP contribution in [0.5, 0.6) is 0 Å². The molecule has 0 spiro atoms. The van der Waals surface area contributed by atoms with Crippen LogP contribution in [0, 0.1) is 0 Å². The number of amides is 1. The molecule has 2 rings (SSSR count). The van der Waals surface area contributed by atoms with Gasteiger partial charge in [0.05, 0.1) is 24.3 Å². The van der Waals surface area contributed by atoms with Crippen molar-refractivity contribution in [3.8, 4) is 0 Å². The van der Waals surface area contributed by atoms with E-state index in [1.165, 1.54) is 6.26 Å². The average Bonchev–Trinajstić information content (AvgIpc) is 2.97.